The van der Waals surface area contributed by atoms with Gasteiger partial charge in [0.05, 0.1) is 12.5 Å². The van der Waals surface area contributed by atoms with Crippen LogP contribution in [-0.4, -0.2) is 24.4 Å². The summed E-state index contributed by atoms with van der Waals surface area (Å²) in [7, 11) is 0. The van der Waals surface area contributed by atoms with Crippen molar-refractivity contribution in [3.8, 4) is 0 Å². The molecule has 1 aliphatic heterocycles. The molecule has 1 atom stereocenters. The SMILES string of the molecule is CC(C)CCCCCCNC1CC(=O)NC1=O. The lowest BCUT2D eigenvalue weighted by atomic mass is 10.0. The maximum absolute atomic E-state index is 11.2. The monoisotopic (exact) mass is 240 g/mol. The molecule has 1 heterocycles. The third kappa shape index (κ3) is 5.82. The van der Waals surface area contributed by atoms with E-state index >= 15 is 0 Å². The Morgan fingerprint density at radius 3 is 2.53 bits per heavy atom. The molecule has 1 fully saturated rings. The predicted octanol–water partition coefficient (Wildman–Crippen LogP) is 1.60. The fourth-order valence-corrected chi connectivity index (χ4v) is 2.03. The lowest BCUT2D eigenvalue weighted by Gasteiger charge is -2.08. The molecule has 1 saturated heterocycles. The number of hydrogen-bond acceptors (Lipinski definition) is 3. The first-order valence-corrected chi connectivity index (χ1v) is 6.66. The van der Waals surface area contributed by atoms with Crippen molar-refractivity contribution in [3.63, 3.8) is 0 Å². The number of amides is 2. The number of imide groups is 1. The summed E-state index contributed by atoms with van der Waals surface area (Å²) >= 11 is 0. The van der Waals surface area contributed by atoms with Crippen LogP contribution in [0.2, 0.25) is 0 Å². The molecule has 0 aliphatic carbocycles. The first kappa shape index (κ1) is 14.2. The number of carbonyl (C=O) groups is 2. The summed E-state index contributed by atoms with van der Waals surface area (Å²) in [5.74, 6) is 0.459. The predicted molar refractivity (Wildman–Crippen MR) is 67.5 cm³/mol. The van der Waals surface area contributed by atoms with Gasteiger partial charge in [-0.2, -0.15) is 0 Å². The Balaban J connectivity index is 1.94. The van der Waals surface area contributed by atoms with Gasteiger partial charge in [-0.1, -0.05) is 39.5 Å². The molecular weight excluding hydrogens is 216 g/mol. The average Bonchev–Trinajstić information content (AvgIpc) is 2.55. The van der Waals surface area contributed by atoms with Gasteiger partial charge in [0.2, 0.25) is 11.8 Å². The van der Waals surface area contributed by atoms with Crippen LogP contribution in [-0.2, 0) is 9.59 Å². The lowest BCUT2D eigenvalue weighted by molar-refractivity contribution is -0.125. The largest absolute Gasteiger partial charge is 0.305 e. The Bertz CT molecular complexity index is 264. The van der Waals surface area contributed by atoms with Crippen LogP contribution < -0.4 is 10.6 Å². The van der Waals surface area contributed by atoms with Gasteiger partial charge in [0, 0.05) is 0 Å². The summed E-state index contributed by atoms with van der Waals surface area (Å²) in [6, 6.07) is -0.293. The quantitative estimate of drug-likeness (QED) is 0.500. The summed E-state index contributed by atoms with van der Waals surface area (Å²) in [5, 5.41) is 5.43. The van der Waals surface area contributed by atoms with Gasteiger partial charge >= 0.3 is 0 Å². The molecule has 0 bridgehead atoms. The average molecular weight is 240 g/mol. The van der Waals surface area contributed by atoms with Crippen molar-refractivity contribution in [1.82, 2.24) is 10.6 Å². The third-order valence-corrected chi connectivity index (χ3v) is 3.07. The first-order valence-electron chi connectivity index (χ1n) is 6.66. The van der Waals surface area contributed by atoms with E-state index in [1.807, 2.05) is 0 Å². The van der Waals surface area contributed by atoms with Crippen molar-refractivity contribution in [3.05, 3.63) is 0 Å². The molecule has 0 saturated carbocycles. The second kappa shape index (κ2) is 7.43. The van der Waals surface area contributed by atoms with E-state index in [2.05, 4.69) is 24.5 Å². The topological polar surface area (TPSA) is 58.2 Å². The fourth-order valence-electron chi connectivity index (χ4n) is 2.03. The molecule has 4 heteroatoms. The molecule has 0 aromatic carbocycles. The molecule has 98 valence electrons. The number of hydrogen-bond donors (Lipinski definition) is 2. The molecule has 2 amide bonds. The van der Waals surface area contributed by atoms with Crippen molar-refractivity contribution in [2.45, 2.75) is 58.4 Å². The van der Waals surface area contributed by atoms with Gasteiger partial charge in [0.1, 0.15) is 0 Å². The molecule has 0 radical (unpaired) electrons. The Labute approximate surface area is 104 Å². The number of unbranched alkanes of at least 4 members (excludes halogenated alkanes) is 3. The molecule has 4 nitrogen and oxygen atoms in total. The maximum atomic E-state index is 11.2. The van der Waals surface area contributed by atoms with Gasteiger partial charge in [-0.15, -0.1) is 0 Å². The molecule has 1 aliphatic rings. The van der Waals surface area contributed by atoms with Gasteiger partial charge in [-0.05, 0) is 18.9 Å². The van der Waals surface area contributed by atoms with E-state index in [1.54, 1.807) is 0 Å². The maximum Gasteiger partial charge on any atom is 0.244 e. The fraction of sp³-hybridized carbons (Fsp3) is 0.846. The van der Waals surface area contributed by atoms with E-state index in [1.165, 1.54) is 25.7 Å². The molecule has 1 rings (SSSR count). The molecule has 0 aromatic heterocycles. The minimum atomic E-state index is -0.293. The van der Waals surface area contributed by atoms with Crippen molar-refractivity contribution >= 4 is 11.8 Å². The molecule has 1 unspecified atom stereocenters. The molecular formula is C13H24N2O2. The van der Waals surface area contributed by atoms with Gasteiger partial charge in [-0.25, -0.2) is 0 Å². The first-order chi connectivity index (χ1) is 8.09. The molecule has 2 N–H and O–H groups in total. The normalized spacial score (nSPS) is 20.1. The summed E-state index contributed by atoms with van der Waals surface area (Å²) in [6.45, 7) is 5.32. The van der Waals surface area contributed by atoms with Crippen LogP contribution in [0.5, 0.6) is 0 Å². The van der Waals surface area contributed by atoms with Crippen LogP contribution in [0.25, 0.3) is 0 Å². The minimum Gasteiger partial charge on any atom is -0.305 e. The van der Waals surface area contributed by atoms with E-state index < -0.39 is 0 Å². The van der Waals surface area contributed by atoms with Crippen LogP contribution >= 0.6 is 0 Å². The van der Waals surface area contributed by atoms with Crippen molar-refractivity contribution in [2.75, 3.05) is 6.54 Å². The van der Waals surface area contributed by atoms with Crippen LogP contribution in [0.15, 0.2) is 0 Å². The molecule has 17 heavy (non-hydrogen) atoms. The highest BCUT2D eigenvalue weighted by molar-refractivity contribution is 6.05. The third-order valence-electron chi connectivity index (χ3n) is 3.07. The van der Waals surface area contributed by atoms with Gasteiger partial charge in [0.25, 0.3) is 0 Å². The summed E-state index contributed by atoms with van der Waals surface area (Å²) in [5.41, 5.74) is 0. The summed E-state index contributed by atoms with van der Waals surface area (Å²) < 4.78 is 0. The van der Waals surface area contributed by atoms with Crippen molar-refractivity contribution < 1.29 is 9.59 Å². The highest BCUT2D eigenvalue weighted by Crippen LogP contribution is 2.09. The summed E-state index contributed by atoms with van der Waals surface area (Å²) in [6.07, 6.45) is 6.42. The number of rotatable bonds is 8. The van der Waals surface area contributed by atoms with E-state index in [-0.39, 0.29) is 17.9 Å². The van der Waals surface area contributed by atoms with Crippen LogP contribution in [0.4, 0.5) is 0 Å². The zero-order valence-corrected chi connectivity index (χ0v) is 10.9. The Kier molecular flexibility index (Phi) is 6.19. The zero-order chi connectivity index (χ0) is 12.7. The minimum absolute atomic E-state index is 0.163. The van der Waals surface area contributed by atoms with E-state index in [0.29, 0.717) is 6.42 Å². The number of carbonyl (C=O) groups excluding carboxylic acids is 2. The highest BCUT2D eigenvalue weighted by atomic mass is 16.2. The number of nitrogens with one attached hydrogen (secondary N) is 2. The standard InChI is InChI=1S/C13H24N2O2/c1-10(2)7-5-3-4-6-8-14-11-9-12(16)15-13(11)17/h10-11,14H,3-9H2,1-2H3,(H,15,16,17). The Hall–Kier alpha value is -0.900. The van der Waals surface area contributed by atoms with Crippen LogP contribution in [0, 0.1) is 5.92 Å². The second-order valence-electron chi connectivity index (χ2n) is 5.22. The zero-order valence-electron chi connectivity index (χ0n) is 10.9. The summed E-state index contributed by atoms with van der Waals surface area (Å²) in [4.78, 5) is 22.2. The van der Waals surface area contributed by atoms with Gasteiger partial charge in [0.15, 0.2) is 0 Å². The van der Waals surface area contributed by atoms with E-state index in [4.69, 9.17) is 0 Å². The van der Waals surface area contributed by atoms with Crippen LogP contribution in [0.1, 0.15) is 52.4 Å². The van der Waals surface area contributed by atoms with Crippen molar-refractivity contribution in [1.29, 1.82) is 0 Å². The molecule has 0 spiro atoms. The second-order valence-corrected chi connectivity index (χ2v) is 5.22. The highest BCUT2D eigenvalue weighted by Gasteiger charge is 2.29. The van der Waals surface area contributed by atoms with E-state index in [9.17, 15) is 9.59 Å². The van der Waals surface area contributed by atoms with Crippen LogP contribution in [0.3, 0.4) is 0 Å². The van der Waals surface area contributed by atoms with Gasteiger partial charge < -0.3 is 5.32 Å². The van der Waals surface area contributed by atoms with E-state index in [0.717, 1.165) is 18.9 Å². The molecule has 0 aromatic rings. The lowest BCUT2D eigenvalue weighted by Crippen LogP contribution is -2.36. The smallest absolute Gasteiger partial charge is 0.244 e. The Morgan fingerprint density at radius 1 is 1.24 bits per heavy atom. The Morgan fingerprint density at radius 2 is 1.94 bits per heavy atom. The van der Waals surface area contributed by atoms with Gasteiger partial charge in [-0.3, -0.25) is 14.9 Å². The van der Waals surface area contributed by atoms with Crippen molar-refractivity contribution in [2.24, 2.45) is 5.92 Å².